The largest absolute Gasteiger partial charge is 0.403 e. The minimum absolute atomic E-state index is 0.112. The van der Waals surface area contributed by atoms with Crippen LogP contribution in [0, 0.1) is 0 Å². The predicted molar refractivity (Wildman–Crippen MR) is 107 cm³/mol. The molecule has 0 aliphatic carbocycles. The van der Waals surface area contributed by atoms with E-state index in [0.29, 0.717) is 5.57 Å². The van der Waals surface area contributed by atoms with Crippen LogP contribution in [0.5, 0.6) is 0 Å². The molecular weight excluding hydrogens is 326 g/mol. The van der Waals surface area contributed by atoms with Crippen molar-refractivity contribution in [1.82, 2.24) is 5.32 Å². The van der Waals surface area contributed by atoms with Gasteiger partial charge in [-0.2, -0.15) is 0 Å². The molecule has 4 heteroatoms. The molecule has 3 nitrogen and oxygen atoms in total. The van der Waals surface area contributed by atoms with Crippen LogP contribution in [0.2, 0.25) is 5.04 Å². The zero-order valence-corrected chi connectivity index (χ0v) is 16.5. The van der Waals surface area contributed by atoms with Gasteiger partial charge in [0.25, 0.3) is 8.32 Å². The lowest BCUT2D eigenvalue weighted by Crippen LogP contribution is -2.66. The van der Waals surface area contributed by atoms with Crippen molar-refractivity contribution in [1.29, 1.82) is 0 Å². The van der Waals surface area contributed by atoms with Gasteiger partial charge in [0.05, 0.1) is 6.61 Å². The molecule has 0 aliphatic rings. The molecule has 0 aliphatic heterocycles. The third kappa shape index (κ3) is 3.91. The normalized spacial score (nSPS) is 11.8. The number of benzene rings is 2. The van der Waals surface area contributed by atoms with Crippen LogP contribution in [-0.2, 0) is 9.22 Å². The number of nitrogens with one attached hydrogen (secondary N) is 1. The van der Waals surface area contributed by atoms with Crippen molar-refractivity contribution in [3.63, 3.8) is 0 Å². The van der Waals surface area contributed by atoms with Crippen molar-refractivity contribution in [2.45, 2.75) is 25.8 Å². The van der Waals surface area contributed by atoms with E-state index in [1.165, 1.54) is 10.4 Å². The van der Waals surface area contributed by atoms with Crippen molar-refractivity contribution in [2.24, 2.45) is 0 Å². The SMILES string of the molecule is C=C(CO[Si](c1ccccc1)(c1ccccc1)C(C)(C)C)C(=O)NC. The van der Waals surface area contributed by atoms with E-state index in [1.807, 2.05) is 36.4 Å². The maximum Gasteiger partial charge on any atom is 0.261 e. The number of carbonyl (C=O) groups excluding carboxylic acids is 1. The summed E-state index contributed by atoms with van der Waals surface area (Å²) in [5.74, 6) is -0.182. The number of rotatable bonds is 6. The molecule has 1 amide bonds. The van der Waals surface area contributed by atoms with E-state index in [2.05, 4.69) is 56.9 Å². The Morgan fingerprint density at radius 2 is 1.44 bits per heavy atom. The summed E-state index contributed by atoms with van der Waals surface area (Å²) < 4.78 is 6.63. The molecule has 25 heavy (non-hydrogen) atoms. The minimum Gasteiger partial charge on any atom is -0.403 e. The van der Waals surface area contributed by atoms with Crippen molar-refractivity contribution < 1.29 is 9.22 Å². The zero-order chi connectivity index (χ0) is 18.5. The van der Waals surface area contributed by atoms with Crippen LogP contribution in [0.3, 0.4) is 0 Å². The van der Waals surface area contributed by atoms with Crippen LogP contribution in [-0.4, -0.2) is 27.9 Å². The second-order valence-corrected chi connectivity index (χ2v) is 11.4. The number of hydrogen-bond donors (Lipinski definition) is 1. The molecule has 132 valence electrons. The summed E-state index contributed by atoms with van der Waals surface area (Å²) in [4.78, 5) is 11.9. The van der Waals surface area contributed by atoms with Crippen LogP contribution >= 0.6 is 0 Å². The molecule has 2 aromatic rings. The van der Waals surface area contributed by atoms with E-state index in [1.54, 1.807) is 7.05 Å². The highest BCUT2D eigenvalue weighted by molar-refractivity contribution is 6.99. The maximum atomic E-state index is 11.9. The highest BCUT2D eigenvalue weighted by Gasteiger charge is 2.50. The Labute approximate surface area is 151 Å². The molecular formula is C21H27NO2Si. The molecule has 0 radical (unpaired) electrons. The lowest BCUT2D eigenvalue weighted by atomic mass is 10.2. The molecule has 0 aromatic heterocycles. The molecule has 0 saturated carbocycles. The Morgan fingerprint density at radius 1 is 1.00 bits per heavy atom. The molecule has 0 saturated heterocycles. The Morgan fingerprint density at radius 3 is 1.80 bits per heavy atom. The first kappa shape index (κ1) is 19.2. The van der Waals surface area contributed by atoms with E-state index in [-0.39, 0.29) is 17.6 Å². The molecule has 0 bridgehead atoms. The van der Waals surface area contributed by atoms with Gasteiger partial charge in [-0.05, 0) is 15.4 Å². The van der Waals surface area contributed by atoms with Gasteiger partial charge in [0.2, 0.25) is 5.91 Å². The molecule has 1 N–H and O–H groups in total. The van der Waals surface area contributed by atoms with Crippen molar-refractivity contribution in [3.05, 3.63) is 72.8 Å². The second-order valence-electron chi connectivity index (χ2n) is 7.13. The molecule has 2 rings (SSSR count). The van der Waals surface area contributed by atoms with Gasteiger partial charge >= 0.3 is 0 Å². The van der Waals surface area contributed by atoms with Crippen molar-refractivity contribution >= 4 is 24.6 Å². The average molecular weight is 354 g/mol. The van der Waals surface area contributed by atoms with Crippen molar-refractivity contribution in [2.75, 3.05) is 13.7 Å². The quantitative estimate of drug-likeness (QED) is 0.641. The number of hydrogen-bond acceptors (Lipinski definition) is 2. The summed E-state index contributed by atoms with van der Waals surface area (Å²) in [5, 5.41) is 4.89. The Bertz CT molecular complexity index is 681. The molecule has 0 spiro atoms. The fourth-order valence-corrected chi connectivity index (χ4v) is 7.75. The van der Waals surface area contributed by atoms with E-state index < -0.39 is 8.32 Å². The maximum absolute atomic E-state index is 11.9. The third-order valence-electron chi connectivity index (χ3n) is 4.43. The van der Waals surface area contributed by atoms with Gasteiger partial charge in [-0.15, -0.1) is 0 Å². The smallest absolute Gasteiger partial charge is 0.261 e. The Balaban J connectivity index is 2.57. The Kier molecular flexibility index (Phi) is 5.98. The van der Waals surface area contributed by atoms with Gasteiger partial charge in [-0.1, -0.05) is 88.0 Å². The van der Waals surface area contributed by atoms with E-state index in [0.717, 1.165) is 0 Å². The minimum atomic E-state index is -2.61. The van der Waals surface area contributed by atoms with Gasteiger partial charge in [0.1, 0.15) is 0 Å². The van der Waals surface area contributed by atoms with Crippen LogP contribution in [0.25, 0.3) is 0 Å². The van der Waals surface area contributed by atoms with Crippen LogP contribution in [0.15, 0.2) is 72.8 Å². The zero-order valence-electron chi connectivity index (χ0n) is 15.5. The standard InChI is InChI=1S/C21H27NO2Si/c1-17(20(23)22-5)16-24-25(21(2,3)4,18-12-8-6-9-13-18)19-14-10-7-11-15-19/h6-15H,1,16H2,2-5H3,(H,22,23). The van der Waals surface area contributed by atoms with Crippen LogP contribution in [0.4, 0.5) is 0 Å². The number of amides is 1. The van der Waals surface area contributed by atoms with E-state index in [9.17, 15) is 4.79 Å². The van der Waals surface area contributed by atoms with Crippen LogP contribution < -0.4 is 15.7 Å². The van der Waals surface area contributed by atoms with Crippen molar-refractivity contribution in [3.8, 4) is 0 Å². The molecule has 0 fully saturated rings. The summed E-state index contributed by atoms with van der Waals surface area (Å²) in [6.07, 6.45) is 0. The van der Waals surface area contributed by atoms with Crippen LogP contribution in [0.1, 0.15) is 20.8 Å². The van der Waals surface area contributed by atoms with Gasteiger partial charge in [0.15, 0.2) is 0 Å². The highest BCUT2D eigenvalue weighted by atomic mass is 28.4. The van der Waals surface area contributed by atoms with Gasteiger partial charge in [0, 0.05) is 12.6 Å². The van der Waals surface area contributed by atoms with Gasteiger partial charge in [-0.3, -0.25) is 4.79 Å². The first-order chi connectivity index (χ1) is 11.8. The first-order valence-corrected chi connectivity index (χ1v) is 10.4. The van der Waals surface area contributed by atoms with E-state index in [4.69, 9.17) is 4.43 Å². The van der Waals surface area contributed by atoms with E-state index >= 15 is 0 Å². The molecule has 0 heterocycles. The lowest BCUT2D eigenvalue weighted by molar-refractivity contribution is -0.117. The monoisotopic (exact) mass is 353 g/mol. The molecule has 0 atom stereocenters. The summed E-state index contributed by atoms with van der Waals surface area (Å²) >= 11 is 0. The number of carbonyl (C=O) groups is 1. The Hall–Kier alpha value is -2.17. The predicted octanol–water partition coefficient (Wildman–Crippen LogP) is 2.87. The molecule has 2 aromatic carbocycles. The first-order valence-electron chi connectivity index (χ1n) is 8.48. The van der Waals surface area contributed by atoms with Gasteiger partial charge in [-0.25, -0.2) is 0 Å². The highest BCUT2D eigenvalue weighted by Crippen LogP contribution is 2.36. The third-order valence-corrected chi connectivity index (χ3v) is 9.41. The summed E-state index contributed by atoms with van der Waals surface area (Å²) in [6, 6.07) is 20.7. The second kappa shape index (κ2) is 7.81. The summed E-state index contributed by atoms with van der Waals surface area (Å²) in [6.45, 7) is 10.7. The number of likely N-dealkylation sites (N-methyl/N-ethyl adjacent to an activating group) is 1. The summed E-state index contributed by atoms with van der Waals surface area (Å²) in [7, 11) is -1.00. The lowest BCUT2D eigenvalue weighted by Gasteiger charge is -2.43. The van der Waals surface area contributed by atoms with Gasteiger partial charge < -0.3 is 9.74 Å². The molecule has 0 unspecified atom stereocenters. The summed E-state index contributed by atoms with van der Waals surface area (Å²) in [5.41, 5.74) is 0.440. The topological polar surface area (TPSA) is 38.3 Å². The fourth-order valence-electron chi connectivity index (χ4n) is 3.20. The fraction of sp³-hybridized carbons (Fsp3) is 0.286. The average Bonchev–Trinajstić information content (AvgIpc) is 2.62.